The van der Waals surface area contributed by atoms with E-state index in [9.17, 15) is 4.79 Å². The molecule has 0 aromatic carbocycles. The smallest absolute Gasteiger partial charge is 0.407 e. The van der Waals surface area contributed by atoms with Crippen molar-refractivity contribution in [3.63, 3.8) is 0 Å². The maximum Gasteiger partial charge on any atom is 0.407 e. The van der Waals surface area contributed by atoms with E-state index in [-0.39, 0.29) is 12.2 Å². The number of nitrogens with one attached hydrogen (secondary N) is 1. The number of hydrogen-bond acceptors (Lipinski definition) is 3. The van der Waals surface area contributed by atoms with Gasteiger partial charge < -0.3 is 15.0 Å². The van der Waals surface area contributed by atoms with Crippen LogP contribution in [-0.4, -0.2) is 43.3 Å². The third-order valence-electron chi connectivity index (χ3n) is 4.46. The van der Waals surface area contributed by atoms with Gasteiger partial charge in [0, 0.05) is 6.54 Å². The summed E-state index contributed by atoms with van der Waals surface area (Å²) in [4.78, 5) is 14.1. The van der Waals surface area contributed by atoms with Crippen LogP contribution in [0.25, 0.3) is 0 Å². The molecule has 4 nitrogen and oxygen atoms in total. The minimum atomic E-state index is -0.219. The van der Waals surface area contributed by atoms with Gasteiger partial charge in [-0.1, -0.05) is 13.3 Å². The van der Waals surface area contributed by atoms with Gasteiger partial charge in [0.2, 0.25) is 0 Å². The van der Waals surface area contributed by atoms with Gasteiger partial charge >= 0.3 is 6.09 Å². The zero-order valence-electron chi connectivity index (χ0n) is 12.2. The molecule has 0 aromatic rings. The van der Waals surface area contributed by atoms with Gasteiger partial charge in [-0.15, -0.1) is 0 Å². The second kappa shape index (κ2) is 7.73. The van der Waals surface area contributed by atoms with E-state index in [2.05, 4.69) is 17.1 Å². The molecule has 2 fully saturated rings. The lowest BCUT2D eigenvalue weighted by atomic mass is 10.1. The molecule has 2 atom stereocenters. The van der Waals surface area contributed by atoms with Gasteiger partial charge in [-0.2, -0.15) is 0 Å². The quantitative estimate of drug-likeness (QED) is 0.753. The van der Waals surface area contributed by atoms with Crippen molar-refractivity contribution in [2.45, 2.75) is 58.0 Å². The summed E-state index contributed by atoms with van der Waals surface area (Å²) >= 11 is 0. The maximum absolute atomic E-state index is 11.6. The van der Waals surface area contributed by atoms with Crippen molar-refractivity contribution in [3.05, 3.63) is 0 Å². The number of ether oxygens (including phenoxy) is 1. The van der Waals surface area contributed by atoms with Crippen molar-refractivity contribution in [1.82, 2.24) is 10.2 Å². The van der Waals surface area contributed by atoms with Gasteiger partial charge in [0.15, 0.2) is 0 Å². The van der Waals surface area contributed by atoms with Crippen LogP contribution in [0.5, 0.6) is 0 Å². The summed E-state index contributed by atoms with van der Waals surface area (Å²) in [6.45, 7) is 6.50. The molecule has 1 saturated heterocycles. The van der Waals surface area contributed by atoms with Crippen LogP contribution < -0.4 is 5.32 Å². The molecule has 2 aliphatic rings. The molecule has 0 radical (unpaired) electrons. The molecule has 110 valence electrons. The van der Waals surface area contributed by atoms with E-state index < -0.39 is 0 Å². The minimum absolute atomic E-state index is 0.156. The lowest BCUT2D eigenvalue weighted by Gasteiger charge is -2.15. The highest BCUT2D eigenvalue weighted by molar-refractivity contribution is 5.67. The largest absolute Gasteiger partial charge is 0.446 e. The van der Waals surface area contributed by atoms with E-state index in [1.54, 1.807) is 0 Å². The molecule has 19 heavy (non-hydrogen) atoms. The Kier molecular flexibility index (Phi) is 5.95. The SMILES string of the molecule is CCC1CCC(OC(=O)NCCCN2CCCC2)C1. The predicted molar refractivity (Wildman–Crippen MR) is 76.2 cm³/mol. The van der Waals surface area contributed by atoms with E-state index in [1.807, 2.05) is 0 Å². The normalized spacial score (nSPS) is 27.6. The molecule has 2 unspecified atom stereocenters. The topological polar surface area (TPSA) is 41.6 Å². The number of likely N-dealkylation sites (tertiary alicyclic amines) is 1. The van der Waals surface area contributed by atoms with Gasteiger partial charge in [0.1, 0.15) is 6.10 Å². The molecule has 1 heterocycles. The summed E-state index contributed by atoms with van der Waals surface area (Å²) in [7, 11) is 0. The maximum atomic E-state index is 11.6. The highest BCUT2D eigenvalue weighted by Gasteiger charge is 2.26. The molecular weight excluding hydrogens is 240 g/mol. The Labute approximate surface area is 116 Å². The molecule has 2 rings (SSSR count). The number of amides is 1. The first-order valence-electron chi connectivity index (χ1n) is 7.94. The molecular formula is C15H28N2O2. The van der Waals surface area contributed by atoms with Gasteiger partial charge in [0.05, 0.1) is 0 Å². The highest BCUT2D eigenvalue weighted by atomic mass is 16.6. The van der Waals surface area contributed by atoms with Gasteiger partial charge in [-0.3, -0.25) is 0 Å². The van der Waals surface area contributed by atoms with Crippen LogP contribution in [-0.2, 0) is 4.74 Å². The Morgan fingerprint density at radius 2 is 2.11 bits per heavy atom. The van der Waals surface area contributed by atoms with Crippen molar-refractivity contribution >= 4 is 6.09 Å². The van der Waals surface area contributed by atoms with Crippen molar-refractivity contribution in [2.24, 2.45) is 5.92 Å². The third kappa shape index (κ3) is 5.01. The Morgan fingerprint density at radius 3 is 2.79 bits per heavy atom. The minimum Gasteiger partial charge on any atom is -0.446 e. The molecule has 1 saturated carbocycles. The van der Waals surface area contributed by atoms with E-state index >= 15 is 0 Å². The van der Waals surface area contributed by atoms with Crippen LogP contribution in [0, 0.1) is 5.92 Å². The Hall–Kier alpha value is -0.770. The van der Waals surface area contributed by atoms with E-state index in [0.717, 1.165) is 38.3 Å². The molecule has 0 spiro atoms. The Morgan fingerprint density at radius 1 is 1.32 bits per heavy atom. The van der Waals surface area contributed by atoms with Gasteiger partial charge in [-0.25, -0.2) is 4.79 Å². The molecule has 4 heteroatoms. The summed E-state index contributed by atoms with van der Waals surface area (Å²) in [5, 5.41) is 2.88. The fourth-order valence-electron chi connectivity index (χ4n) is 3.20. The Balaban J connectivity index is 1.50. The van der Waals surface area contributed by atoms with Crippen LogP contribution in [0.1, 0.15) is 51.9 Å². The van der Waals surface area contributed by atoms with E-state index in [1.165, 1.54) is 38.8 Å². The average Bonchev–Trinajstić information content (AvgIpc) is 3.05. The second-order valence-corrected chi connectivity index (χ2v) is 5.94. The van der Waals surface area contributed by atoms with Crippen molar-refractivity contribution < 1.29 is 9.53 Å². The van der Waals surface area contributed by atoms with Crippen molar-refractivity contribution in [1.29, 1.82) is 0 Å². The first kappa shape index (κ1) is 14.6. The second-order valence-electron chi connectivity index (χ2n) is 5.94. The number of alkyl carbamates (subject to hydrolysis) is 1. The predicted octanol–water partition coefficient (Wildman–Crippen LogP) is 2.78. The monoisotopic (exact) mass is 268 g/mol. The van der Waals surface area contributed by atoms with E-state index in [4.69, 9.17) is 4.74 Å². The summed E-state index contributed by atoms with van der Waals surface area (Å²) in [5.74, 6) is 0.757. The fourth-order valence-corrected chi connectivity index (χ4v) is 3.20. The van der Waals surface area contributed by atoms with Crippen molar-refractivity contribution in [3.8, 4) is 0 Å². The zero-order valence-corrected chi connectivity index (χ0v) is 12.2. The summed E-state index contributed by atoms with van der Waals surface area (Å²) in [5.41, 5.74) is 0. The molecule has 1 aliphatic carbocycles. The van der Waals surface area contributed by atoms with Crippen LogP contribution >= 0.6 is 0 Å². The summed E-state index contributed by atoms with van der Waals surface area (Å²) < 4.78 is 5.45. The number of nitrogens with zero attached hydrogens (tertiary/aromatic N) is 1. The molecule has 0 bridgehead atoms. The fraction of sp³-hybridized carbons (Fsp3) is 0.933. The van der Waals surface area contributed by atoms with Crippen LogP contribution in [0.3, 0.4) is 0 Å². The lowest BCUT2D eigenvalue weighted by molar-refractivity contribution is 0.0983. The molecule has 1 aliphatic heterocycles. The number of carbonyl (C=O) groups excluding carboxylic acids is 1. The standard InChI is InChI=1S/C15H28N2O2/c1-2-13-6-7-14(12-13)19-15(18)16-8-5-11-17-9-3-4-10-17/h13-14H,2-12H2,1H3,(H,16,18). The highest BCUT2D eigenvalue weighted by Crippen LogP contribution is 2.29. The summed E-state index contributed by atoms with van der Waals surface area (Å²) in [6, 6.07) is 0. The van der Waals surface area contributed by atoms with E-state index in [0.29, 0.717) is 0 Å². The van der Waals surface area contributed by atoms with Crippen LogP contribution in [0.15, 0.2) is 0 Å². The first-order valence-corrected chi connectivity index (χ1v) is 7.94. The average molecular weight is 268 g/mol. The van der Waals surface area contributed by atoms with Crippen molar-refractivity contribution in [2.75, 3.05) is 26.2 Å². The lowest BCUT2D eigenvalue weighted by Crippen LogP contribution is -2.31. The zero-order chi connectivity index (χ0) is 13.5. The van der Waals surface area contributed by atoms with Gasteiger partial charge in [-0.05, 0) is 64.1 Å². The third-order valence-corrected chi connectivity index (χ3v) is 4.46. The van der Waals surface area contributed by atoms with Crippen LogP contribution in [0.4, 0.5) is 4.79 Å². The van der Waals surface area contributed by atoms with Gasteiger partial charge in [0.25, 0.3) is 0 Å². The summed E-state index contributed by atoms with van der Waals surface area (Å²) in [6.07, 6.45) is 8.13. The molecule has 1 N–H and O–H groups in total. The first-order chi connectivity index (χ1) is 9.28. The molecule has 0 aromatic heterocycles. The molecule has 1 amide bonds. The number of rotatable bonds is 6. The Bertz CT molecular complexity index is 277. The number of hydrogen-bond donors (Lipinski definition) is 1. The van der Waals surface area contributed by atoms with Crippen LogP contribution in [0.2, 0.25) is 0 Å². The number of carbonyl (C=O) groups is 1.